The predicted octanol–water partition coefficient (Wildman–Crippen LogP) is 18.7. The van der Waals surface area contributed by atoms with E-state index in [1.165, 1.54) is 83.5 Å². The number of ether oxygens (including phenoxy) is 3. The zero-order chi connectivity index (χ0) is 64.6. The summed E-state index contributed by atoms with van der Waals surface area (Å²) in [6, 6.07) is -1.04. The molecule has 8 unspecified atom stereocenters. The van der Waals surface area contributed by atoms with Gasteiger partial charge >= 0.3 is 5.97 Å². The van der Waals surface area contributed by atoms with Gasteiger partial charge in [0.15, 0.2) is 12.4 Å². The van der Waals surface area contributed by atoms with Gasteiger partial charge in [-0.15, -0.1) is 0 Å². The largest absolute Gasteiger partial charge is 0.454 e. The Labute approximate surface area is 543 Å². The maximum atomic E-state index is 13.5. The second-order valence-electron chi connectivity index (χ2n) is 24.2. The lowest BCUT2D eigenvalue weighted by molar-refractivity contribution is -0.305. The Morgan fingerprint density at radius 3 is 1.21 bits per heavy atom. The molecule has 11 nitrogen and oxygen atoms in total. The standard InChI is InChI=1S/C78H131NO10/c1-4-7-10-13-16-19-22-25-27-29-31-33-35-36-37-39-41-43-45-48-51-54-57-60-63-66-73(83)89-76-75(85)74(84)72(67-80)88-78(76)87-68-69(70(81)64-61-58-55-52-49-46-24-21-18-15-12-9-6-3)79-77(86)71(82)65-62-59-56-53-50-47-44-42-40-38-34-32-30-28-26-23-20-17-14-11-8-5-2/h7-8,10-11,16-17,19-20,25-28,31-34,36-37,40,42,61,64,69-72,74-76,78,80-82,84-85H,4-6,9,12-15,18,21-24,29-30,35,38-39,41,43-60,62-63,65-68H2,1-3H3,(H,79,86)/b10-7-,11-8-,19-16-,20-17-,27-25-,28-26-,33-31-,34-32-,37-36-,42-40-,64-61+. The van der Waals surface area contributed by atoms with Crippen LogP contribution in [0, 0.1) is 0 Å². The van der Waals surface area contributed by atoms with Gasteiger partial charge in [-0.05, 0) is 116 Å². The van der Waals surface area contributed by atoms with E-state index >= 15 is 0 Å². The molecule has 0 saturated carbocycles. The summed E-state index contributed by atoms with van der Waals surface area (Å²) in [6.07, 6.45) is 80.5. The van der Waals surface area contributed by atoms with Gasteiger partial charge in [-0.1, -0.05) is 296 Å². The molecule has 1 aliphatic heterocycles. The van der Waals surface area contributed by atoms with Crippen molar-refractivity contribution < 1.29 is 49.3 Å². The summed E-state index contributed by atoms with van der Waals surface area (Å²) in [4.78, 5) is 26.7. The van der Waals surface area contributed by atoms with Crippen LogP contribution < -0.4 is 5.32 Å². The third kappa shape index (κ3) is 51.1. The first kappa shape index (κ1) is 82.8. The molecule has 0 aromatic rings. The van der Waals surface area contributed by atoms with Gasteiger partial charge in [-0.25, -0.2) is 0 Å². The van der Waals surface area contributed by atoms with Crippen LogP contribution in [0.3, 0.4) is 0 Å². The van der Waals surface area contributed by atoms with Crippen molar-refractivity contribution in [2.75, 3.05) is 13.2 Å². The van der Waals surface area contributed by atoms with E-state index in [2.05, 4.69) is 148 Å². The van der Waals surface area contributed by atoms with Gasteiger partial charge in [0.2, 0.25) is 5.91 Å². The van der Waals surface area contributed by atoms with Crippen LogP contribution in [0.2, 0.25) is 0 Å². The van der Waals surface area contributed by atoms with Crippen molar-refractivity contribution in [1.82, 2.24) is 5.32 Å². The Morgan fingerprint density at radius 2 is 0.809 bits per heavy atom. The van der Waals surface area contributed by atoms with E-state index in [1.54, 1.807) is 6.08 Å². The van der Waals surface area contributed by atoms with Crippen molar-refractivity contribution in [2.45, 2.75) is 333 Å². The van der Waals surface area contributed by atoms with Crippen LogP contribution in [0.4, 0.5) is 0 Å². The minimum absolute atomic E-state index is 0.107. The second-order valence-corrected chi connectivity index (χ2v) is 24.2. The number of aliphatic hydroxyl groups is 5. The number of aliphatic hydroxyl groups excluding tert-OH is 5. The molecule has 0 bridgehead atoms. The Bertz CT molecular complexity index is 1960. The molecule has 0 aliphatic carbocycles. The molecule has 1 amide bonds. The molecule has 0 radical (unpaired) electrons. The molecule has 1 aliphatic rings. The molecule has 11 heteroatoms. The first-order chi connectivity index (χ1) is 43.7. The summed E-state index contributed by atoms with van der Waals surface area (Å²) in [5, 5.41) is 57.3. The van der Waals surface area contributed by atoms with Crippen molar-refractivity contribution in [3.05, 3.63) is 134 Å². The Morgan fingerprint density at radius 1 is 0.449 bits per heavy atom. The van der Waals surface area contributed by atoms with Crippen LogP contribution >= 0.6 is 0 Å². The molecule has 0 aromatic carbocycles. The fraction of sp³-hybridized carbons (Fsp3) is 0.692. The molecule has 0 spiro atoms. The fourth-order valence-electron chi connectivity index (χ4n) is 10.5. The zero-order valence-corrected chi connectivity index (χ0v) is 56.5. The lowest BCUT2D eigenvalue weighted by atomic mass is 9.99. The highest BCUT2D eigenvalue weighted by Crippen LogP contribution is 2.26. The van der Waals surface area contributed by atoms with Crippen molar-refractivity contribution in [2.24, 2.45) is 0 Å². The number of nitrogens with one attached hydrogen (secondary N) is 1. The summed E-state index contributed by atoms with van der Waals surface area (Å²) >= 11 is 0. The number of carbonyl (C=O) groups excluding carboxylic acids is 2. The smallest absolute Gasteiger partial charge is 0.306 e. The molecule has 1 fully saturated rings. The normalized spacial score (nSPS) is 18.9. The molecule has 89 heavy (non-hydrogen) atoms. The first-order valence-corrected chi connectivity index (χ1v) is 36.0. The molecule has 0 aromatic heterocycles. The number of rotatable bonds is 60. The summed E-state index contributed by atoms with van der Waals surface area (Å²) in [6.45, 7) is 5.57. The van der Waals surface area contributed by atoms with Crippen molar-refractivity contribution >= 4 is 11.9 Å². The summed E-state index contributed by atoms with van der Waals surface area (Å²) in [5.74, 6) is -1.22. The van der Waals surface area contributed by atoms with Gasteiger partial charge in [-0.3, -0.25) is 9.59 Å². The third-order valence-corrected chi connectivity index (χ3v) is 16.0. The Balaban J connectivity index is 2.61. The average Bonchev–Trinajstić information content (AvgIpc) is 1.80. The number of esters is 1. The molecular formula is C78H131NO10. The number of hydrogen-bond acceptors (Lipinski definition) is 10. The molecule has 508 valence electrons. The molecule has 6 N–H and O–H groups in total. The Hall–Kier alpha value is -4.20. The molecular weight excluding hydrogens is 1110 g/mol. The summed E-state index contributed by atoms with van der Waals surface area (Å²) in [5.41, 5.74) is 0. The van der Waals surface area contributed by atoms with Crippen LogP contribution in [-0.2, 0) is 23.8 Å². The maximum absolute atomic E-state index is 13.5. The number of allylic oxidation sites excluding steroid dienone is 21. The lowest BCUT2D eigenvalue weighted by Crippen LogP contribution is -2.61. The molecule has 1 rings (SSSR count). The molecule has 1 heterocycles. The quantitative estimate of drug-likeness (QED) is 0.0195. The minimum atomic E-state index is -1.63. The van der Waals surface area contributed by atoms with E-state index in [9.17, 15) is 35.1 Å². The van der Waals surface area contributed by atoms with Gasteiger partial charge in [0.25, 0.3) is 0 Å². The number of amides is 1. The minimum Gasteiger partial charge on any atom is -0.454 e. The van der Waals surface area contributed by atoms with Gasteiger partial charge in [0, 0.05) is 6.42 Å². The number of carbonyl (C=O) groups is 2. The highest BCUT2D eigenvalue weighted by Gasteiger charge is 2.47. The highest BCUT2D eigenvalue weighted by atomic mass is 16.7. The van der Waals surface area contributed by atoms with Gasteiger partial charge in [0.1, 0.15) is 24.4 Å². The van der Waals surface area contributed by atoms with Crippen molar-refractivity contribution in [3.8, 4) is 0 Å². The monoisotopic (exact) mass is 1240 g/mol. The van der Waals surface area contributed by atoms with E-state index in [0.717, 1.165) is 154 Å². The third-order valence-electron chi connectivity index (χ3n) is 16.0. The van der Waals surface area contributed by atoms with Gasteiger partial charge < -0.3 is 45.1 Å². The van der Waals surface area contributed by atoms with Crippen molar-refractivity contribution in [3.63, 3.8) is 0 Å². The van der Waals surface area contributed by atoms with Crippen LogP contribution in [0.15, 0.2) is 134 Å². The lowest BCUT2D eigenvalue weighted by Gasteiger charge is -2.41. The van der Waals surface area contributed by atoms with E-state index in [-0.39, 0.29) is 19.4 Å². The number of hydrogen-bond donors (Lipinski definition) is 6. The summed E-state index contributed by atoms with van der Waals surface area (Å²) < 4.78 is 17.7. The fourth-order valence-corrected chi connectivity index (χ4v) is 10.5. The maximum Gasteiger partial charge on any atom is 0.306 e. The van der Waals surface area contributed by atoms with Crippen LogP contribution in [0.5, 0.6) is 0 Å². The van der Waals surface area contributed by atoms with Crippen LogP contribution in [0.25, 0.3) is 0 Å². The van der Waals surface area contributed by atoms with Crippen LogP contribution in [-0.4, -0.2) is 99.6 Å². The van der Waals surface area contributed by atoms with E-state index < -0.39 is 67.4 Å². The van der Waals surface area contributed by atoms with Crippen molar-refractivity contribution in [1.29, 1.82) is 0 Å². The van der Waals surface area contributed by atoms with Gasteiger partial charge in [0.05, 0.1) is 25.4 Å². The molecule has 1 saturated heterocycles. The molecule has 8 atom stereocenters. The first-order valence-electron chi connectivity index (χ1n) is 36.0. The highest BCUT2D eigenvalue weighted by molar-refractivity contribution is 5.80. The topological polar surface area (TPSA) is 175 Å². The predicted molar refractivity (Wildman–Crippen MR) is 374 cm³/mol. The summed E-state index contributed by atoms with van der Waals surface area (Å²) in [7, 11) is 0. The SMILES string of the molecule is CC/C=C\C/C=C\C/C=C\C/C=C\C/C=C\CCCCCCCCCCCC(=O)OC1C(OCC(NC(=O)C(O)CCCCCCCC/C=C\C/C=C\C/C=C\C/C=C\C/C=C\CC)C(O)/C=C/CCCCCCCCCCCCC)OC(CO)C(O)C1O. The number of unbranched alkanes of at least 4 members (excludes halogenated alkanes) is 26. The Kier molecular flexibility index (Phi) is 59.5. The average molecular weight is 1240 g/mol. The van der Waals surface area contributed by atoms with Gasteiger partial charge in [-0.2, -0.15) is 0 Å². The second kappa shape index (κ2) is 63.9. The van der Waals surface area contributed by atoms with E-state index in [4.69, 9.17) is 14.2 Å². The van der Waals surface area contributed by atoms with Crippen LogP contribution in [0.1, 0.15) is 284 Å². The van der Waals surface area contributed by atoms with E-state index in [1.807, 2.05) is 6.08 Å². The zero-order valence-electron chi connectivity index (χ0n) is 56.5. The van der Waals surface area contributed by atoms with E-state index in [0.29, 0.717) is 12.8 Å².